The number of ether oxygens (including phenoxy) is 2. The first-order valence-electron chi connectivity index (χ1n) is 4.75. The van der Waals surface area contributed by atoms with E-state index in [0.717, 1.165) is 0 Å². The first-order chi connectivity index (χ1) is 7.79. The van der Waals surface area contributed by atoms with E-state index in [-0.39, 0.29) is 5.75 Å². The number of phenolic OH excluding ortho intramolecular Hbond substituents is 1. The second-order valence-corrected chi connectivity index (χ2v) is 3.10. The Morgan fingerprint density at radius 1 is 1.19 bits per heavy atom. The normalized spacial score (nSPS) is 9.81. The largest absolute Gasteiger partial charge is 0.504 e. The van der Waals surface area contributed by atoms with E-state index in [1.54, 1.807) is 42.6 Å². The Kier molecular flexibility index (Phi) is 2.91. The summed E-state index contributed by atoms with van der Waals surface area (Å²) in [6, 6.07) is 10.1. The molecule has 2 aromatic rings. The smallest absolute Gasteiger partial charge is 0.216 e. The summed E-state index contributed by atoms with van der Waals surface area (Å²) in [5.41, 5.74) is 0. The molecule has 0 radical (unpaired) electrons. The van der Waals surface area contributed by atoms with E-state index in [1.807, 2.05) is 0 Å². The van der Waals surface area contributed by atoms with E-state index in [4.69, 9.17) is 9.47 Å². The molecule has 1 aromatic carbocycles. The highest BCUT2D eigenvalue weighted by Gasteiger charge is 2.03. The Morgan fingerprint density at radius 2 is 2.00 bits per heavy atom. The summed E-state index contributed by atoms with van der Waals surface area (Å²) in [5.74, 6) is 1.52. The Bertz CT molecular complexity index is 485. The third-order valence-electron chi connectivity index (χ3n) is 2.01. The summed E-state index contributed by atoms with van der Waals surface area (Å²) in [6.45, 7) is 0. The molecule has 2 rings (SSSR count). The van der Waals surface area contributed by atoms with E-state index >= 15 is 0 Å². The number of benzene rings is 1. The highest BCUT2D eigenvalue weighted by molar-refractivity contribution is 5.41. The zero-order valence-corrected chi connectivity index (χ0v) is 8.75. The fourth-order valence-electron chi connectivity index (χ4n) is 1.24. The Labute approximate surface area is 93.1 Å². The second-order valence-electron chi connectivity index (χ2n) is 3.10. The van der Waals surface area contributed by atoms with Crippen molar-refractivity contribution in [2.45, 2.75) is 0 Å². The zero-order valence-electron chi connectivity index (χ0n) is 8.75. The number of aromatic hydroxyl groups is 1. The molecule has 0 aliphatic heterocycles. The van der Waals surface area contributed by atoms with Crippen molar-refractivity contribution in [3.8, 4) is 23.1 Å². The fraction of sp³-hybridized carbons (Fsp3) is 0.0833. The quantitative estimate of drug-likeness (QED) is 0.858. The molecule has 0 amide bonds. The zero-order chi connectivity index (χ0) is 11.4. The number of aromatic nitrogens is 1. The summed E-state index contributed by atoms with van der Waals surface area (Å²) in [7, 11) is 1.53. The Balaban J connectivity index is 2.24. The molecule has 4 heteroatoms. The molecule has 0 spiro atoms. The van der Waals surface area contributed by atoms with Gasteiger partial charge in [-0.05, 0) is 18.2 Å². The predicted molar refractivity (Wildman–Crippen MR) is 59.0 cm³/mol. The minimum atomic E-state index is 0.0956. The molecule has 0 saturated carbocycles. The molecule has 1 N–H and O–H groups in total. The molecule has 16 heavy (non-hydrogen) atoms. The van der Waals surface area contributed by atoms with Crippen molar-refractivity contribution in [2.24, 2.45) is 0 Å². The first-order valence-corrected chi connectivity index (χ1v) is 4.75. The summed E-state index contributed by atoms with van der Waals surface area (Å²) in [5, 5.41) is 9.53. The van der Waals surface area contributed by atoms with Gasteiger partial charge in [-0.1, -0.05) is 12.1 Å². The molecule has 0 saturated heterocycles. The van der Waals surface area contributed by atoms with Crippen LogP contribution >= 0.6 is 0 Å². The van der Waals surface area contributed by atoms with E-state index in [0.29, 0.717) is 17.4 Å². The van der Waals surface area contributed by atoms with Gasteiger partial charge in [-0.15, -0.1) is 0 Å². The van der Waals surface area contributed by atoms with Crippen LogP contribution in [0.25, 0.3) is 0 Å². The lowest BCUT2D eigenvalue weighted by Gasteiger charge is -2.07. The third kappa shape index (κ3) is 2.23. The molecule has 0 atom stereocenters. The number of hydrogen-bond acceptors (Lipinski definition) is 4. The van der Waals surface area contributed by atoms with Crippen LogP contribution in [-0.4, -0.2) is 17.2 Å². The van der Waals surface area contributed by atoms with Crippen LogP contribution in [0.1, 0.15) is 0 Å². The number of pyridine rings is 1. The number of nitrogens with zero attached hydrogens (tertiary/aromatic N) is 1. The molecule has 1 aromatic heterocycles. The Hall–Kier alpha value is -2.23. The Morgan fingerprint density at radius 3 is 2.75 bits per heavy atom. The van der Waals surface area contributed by atoms with Crippen molar-refractivity contribution in [1.82, 2.24) is 4.98 Å². The van der Waals surface area contributed by atoms with Crippen molar-refractivity contribution < 1.29 is 14.6 Å². The highest BCUT2D eigenvalue weighted by atomic mass is 16.5. The van der Waals surface area contributed by atoms with Gasteiger partial charge in [0.25, 0.3) is 0 Å². The van der Waals surface area contributed by atoms with Crippen LogP contribution in [0.2, 0.25) is 0 Å². The van der Waals surface area contributed by atoms with E-state index in [1.165, 1.54) is 7.11 Å². The molecule has 0 unspecified atom stereocenters. The van der Waals surface area contributed by atoms with Crippen LogP contribution in [0, 0.1) is 0 Å². The maximum atomic E-state index is 9.53. The van der Waals surface area contributed by atoms with E-state index in [2.05, 4.69) is 4.98 Å². The van der Waals surface area contributed by atoms with Gasteiger partial charge in [0.2, 0.25) is 5.88 Å². The van der Waals surface area contributed by atoms with Gasteiger partial charge in [0.15, 0.2) is 11.5 Å². The van der Waals surface area contributed by atoms with Crippen molar-refractivity contribution in [1.29, 1.82) is 0 Å². The van der Waals surface area contributed by atoms with Gasteiger partial charge >= 0.3 is 0 Å². The lowest BCUT2D eigenvalue weighted by atomic mass is 10.3. The molecule has 0 aliphatic carbocycles. The minimum absolute atomic E-state index is 0.0956. The van der Waals surface area contributed by atoms with Crippen molar-refractivity contribution in [3.63, 3.8) is 0 Å². The van der Waals surface area contributed by atoms with Crippen LogP contribution in [0.4, 0.5) is 0 Å². The fourth-order valence-corrected chi connectivity index (χ4v) is 1.24. The van der Waals surface area contributed by atoms with E-state index < -0.39 is 0 Å². The number of rotatable bonds is 3. The maximum absolute atomic E-state index is 9.53. The lowest BCUT2D eigenvalue weighted by molar-refractivity contribution is 0.386. The summed E-state index contributed by atoms with van der Waals surface area (Å²) in [6.07, 6.45) is 1.58. The number of methoxy groups -OCH3 is 1. The van der Waals surface area contributed by atoms with Crippen LogP contribution in [-0.2, 0) is 0 Å². The molecule has 82 valence electrons. The monoisotopic (exact) mass is 217 g/mol. The summed E-state index contributed by atoms with van der Waals surface area (Å²) in [4.78, 5) is 3.96. The third-order valence-corrected chi connectivity index (χ3v) is 2.01. The average molecular weight is 217 g/mol. The minimum Gasteiger partial charge on any atom is -0.504 e. The number of para-hydroxylation sites is 2. The van der Waals surface area contributed by atoms with E-state index in [9.17, 15) is 5.11 Å². The van der Waals surface area contributed by atoms with Crippen LogP contribution in [0.3, 0.4) is 0 Å². The molecular weight excluding hydrogens is 206 g/mol. The molecule has 4 nitrogen and oxygen atoms in total. The molecule has 0 bridgehead atoms. The topological polar surface area (TPSA) is 51.6 Å². The van der Waals surface area contributed by atoms with Gasteiger partial charge in [-0.3, -0.25) is 0 Å². The predicted octanol–water partition coefficient (Wildman–Crippen LogP) is 2.59. The van der Waals surface area contributed by atoms with Crippen molar-refractivity contribution in [2.75, 3.05) is 7.11 Å². The number of hydrogen-bond donors (Lipinski definition) is 1. The standard InChI is InChI=1S/C12H11NO3/c1-15-12-8-9(6-7-13-12)16-11-5-3-2-4-10(11)14/h2-8,14H,1H3. The van der Waals surface area contributed by atoms with Gasteiger partial charge in [-0.2, -0.15) is 0 Å². The van der Waals surface area contributed by atoms with Crippen molar-refractivity contribution in [3.05, 3.63) is 42.6 Å². The highest BCUT2D eigenvalue weighted by Crippen LogP contribution is 2.30. The van der Waals surface area contributed by atoms with Crippen LogP contribution in [0.5, 0.6) is 23.1 Å². The lowest BCUT2D eigenvalue weighted by Crippen LogP contribution is -1.89. The summed E-state index contributed by atoms with van der Waals surface area (Å²) < 4.78 is 10.5. The van der Waals surface area contributed by atoms with Crippen LogP contribution < -0.4 is 9.47 Å². The van der Waals surface area contributed by atoms with Gasteiger partial charge < -0.3 is 14.6 Å². The first kappa shape index (κ1) is 10.3. The number of phenols is 1. The molecule has 0 fully saturated rings. The van der Waals surface area contributed by atoms with Gasteiger partial charge in [0, 0.05) is 12.3 Å². The molecule has 0 aliphatic rings. The summed E-state index contributed by atoms with van der Waals surface area (Å²) >= 11 is 0. The van der Waals surface area contributed by atoms with Gasteiger partial charge in [-0.25, -0.2) is 4.98 Å². The maximum Gasteiger partial charge on any atom is 0.216 e. The van der Waals surface area contributed by atoms with Crippen molar-refractivity contribution >= 4 is 0 Å². The van der Waals surface area contributed by atoms with Gasteiger partial charge in [0.1, 0.15) is 5.75 Å². The second kappa shape index (κ2) is 4.53. The molecule has 1 heterocycles. The molecular formula is C12H11NO3. The average Bonchev–Trinajstić information content (AvgIpc) is 2.32. The van der Waals surface area contributed by atoms with Gasteiger partial charge in [0.05, 0.1) is 7.11 Å². The SMILES string of the molecule is COc1cc(Oc2ccccc2O)ccn1. The van der Waals surface area contributed by atoms with Crippen LogP contribution in [0.15, 0.2) is 42.6 Å².